The van der Waals surface area contributed by atoms with E-state index >= 15 is 0 Å². The number of hydrogen-bond donors (Lipinski definition) is 2. The minimum absolute atomic E-state index is 0.225. The van der Waals surface area contributed by atoms with E-state index in [1.165, 1.54) is 0 Å². The average molecular weight is 184 g/mol. The predicted octanol–water partition coefficient (Wildman–Crippen LogP) is 0.162. The maximum atomic E-state index is 9.23. The van der Waals surface area contributed by atoms with E-state index in [0.29, 0.717) is 6.54 Å². The van der Waals surface area contributed by atoms with Gasteiger partial charge in [0.25, 0.3) is 0 Å². The summed E-state index contributed by atoms with van der Waals surface area (Å²) in [5, 5.41) is 22.1. The van der Waals surface area contributed by atoms with E-state index in [2.05, 4.69) is 5.10 Å². The molecule has 0 spiro atoms. The molecule has 0 aliphatic heterocycles. The lowest BCUT2D eigenvalue weighted by molar-refractivity contribution is 0.0776. The zero-order valence-corrected chi connectivity index (χ0v) is 8.28. The smallest absolute Gasteiger partial charge is 0.0966 e. The number of aryl methyl sites for hydroxylation is 1. The van der Waals surface area contributed by atoms with Crippen LogP contribution in [0.2, 0.25) is 0 Å². The molecule has 1 rings (SSSR count). The number of aromatic nitrogens is 2. The lowest BCUT2D eigenvalue weighted by Crippen LogP contribution is -2.21. The van der Waals surface area contributed by atoms with E-state index in [1.54, 1.807) is 4.68 Å². The highest BCUT2D eigenvalue weighted by Crippen LogP contribution is 2.10. The standard InChI is InChI=1S/C9H16N2O2/c1-6-7(2)10-11(8(6)3)4-9(13)5-12/h9,12-13H,4-5H2,1-3H3/t9-/m0/s1. The number of hydrogen-bond acceptors (Lipinski definition) is 3. The van der Waals surface area contributed by atoms with Crippen LogP contribution in [0.25, 0.3) is 0 Å². The number of rotatable bonds is 3. The molecular formula is C9H16N2O2. The van der Waals surface area contributed by atoms with Crippen LogP contribution in [0.4, 0.5) is 0 Å². The van der Waals surface area contributed by atoms with Gasteiger partial charge in [-0.05, 0) is 26.3 Å². The minimum atomic E-state index is -0.725. The van der Waals surface area contributed by atoms with Crippen molar-refractivity contribution in [2.24, 2.45) is 0 Å². The Labute approximate surface area is 77.8 Å². The van der Waals surface area contributed by atoms with E-state index in [-0.39, 0.29) is 6.61 Å². The molecule has 0 amide bonds. The average Bonchev–Trinajstić information content (AvgIpc) is 2.34. The zero-order chi connectivity index (χ0) is 10.0. The lowest BCUT2D eigenvalue weighted by atomic mass is 10.2. The Morgan fingerprint density at radius 2 is 2.00 bits per heavy atom. The van der Waals surface area contributed by atoms with Gasteiger partial charge in [-0.2, -0.15) is 5.10 Å². The first-order valence-corrected chi connectivity index (χ1v) is 4.35. The molecule has 0 aliphatic rings. The molecule has 2 N–H and O–H groups in total. The monoisotopic (exact) mass is 184 g/mol. The Hall–Kier alpha value is -0.870. The molecule has 0 radical (unpaired) electrons. The fraction of sp³-hybridized carbons (Fsp3) is 0.667. The van der Waals surface area contributed by atoms with Gasteiger partial charge in [-0.25, -0.2) is 0 Å². The molecule has 0 bridgehead atoms. The van der Waals surface area contributed by atoms with E-state index in [4.69, 9.17) is 5.11 Å². The Morgan fingerprint density at radius 3 is 2.38 bits per heavy atom. The van der Waals surface area contributed by atoms with Crippen molar-refractivity contribution >= 4 is 0 Å². The molecule has 1 atom stereocenters. The van der Waals surface area contributed by atoms with Gasteiger partial charge in [0, 0.05) is 5.69 Å². The van der Waals surface area contributed by atoms with Gasteiger partial charge in [0.15, 0.2) is 0 Å². The van der Waals surface area contributed by atoms with Crippen molar-refractivity contribution < 1.29 is 10.2 Å². The second kappa shape index (κ2) is 3.89. The fourth-order valence-corrected chi connectivity index (χ4v) is 1.22. The van der Waals surface area contributed by atoms with Crippen molar-refractivity contribution in [3.05, 3.63) is 17.0 Å². The zero-order valence-electron chi connectivity index (χ0n) is 8.28. The second-order valence-electron chi connectivity index (χ2n) is 3.31. The van der Waals surface area contributed by atoms with Gasteiger partial charge in [-0.1, -0.05) is 0 Å². The summed E-state index contributed by atoms with van der Waals surface area (Å²) < 4.78 is 1.73. The van der Waals surface area contributed by atoms with Gasteiger partial charge >= 0.3 is 0 Å². The van der Waals surface area contributed by atoms with Crippen LogP contribution in [0.1, 0.15) is 17.0 Å². The van der Waals surface area contributed by atoms with E-state index in [9.17, 15) is 5.11 Å². The fourth-order valence-electron chi connectivity index (χ4n) is 1.22. The minimum Gasteiger partial charge on any atom is -0.394 e. The van der Waals surface area contributed by atoms with Crippen LogP contribution in [0.5, 0.6) is 0 Å². The molecule has 13 heavy (non-hydrogen) atoms. The molecule has 0 saturated carbocycles. The van der Waals surface area contributed by atoms with Crippen LogP contribution in [-0.4, -0.2) is 32.7 Å². The number of nitrogens with zero attached hydrogens (tertiary/aromatic N) is 2. The molecule has 0 aliphatic carbocycles. The van der Waals surface area contributed by atoms with Crippen molar-refractivity contribution in [2.75, 3.05) is 6.61 Å². The first kappa shape index (κ1) is 10.2. The van der Waals surface area contributed by atoms with E-state index in [0.717, 1.165) is 17.0 Å². The number of aliphatic hydroxyl groups excluding tert-OH is 2. The van der Waals surface area contributed by atoms with Gasteiger partial charge in [0.2, 0.25) is 0 Å². The summed E-state index contributed by atoms with van der Waals surface area (Å²) in [6.07, 6.45) is -0.725. The molecule has 4 heteroatoms. The third kappa shape index (κ3) is 2.08. The molecule has 0 fully saturated rings. The third-order valence-electron chi connectivity index (χ3n) is 2.34. The van der Waals surface area contributed by atoms with E-state index < -0.39 is 6.10 Å². The van der Waals surface area contributed by atoms with Gasteiger partial charge in [-0.15, -0.1) is 0 Å². The van der Waals surface area contributed by atoms with Crippen molar-refractivity contribution in [3.63, 3.8) is 0 Å². The summed E-state index contributed by atoms with van der Waals surface area (Å²) in [5.74, 6) is 0. The summed E-state index contributed by atoms with van der Waals surface area (Å²) in [5.41, 5.74) is 3.16. The Kier molecular flexibility index (Phi) is 3.06. The SMILES string of the molecule is Cc1nn(C[C@H](O)CO)c(C)c1C. The van der Waals surface area contributed by atoms with Crippen LogP contribution >= 0.6 is 0 Å². The van der Waals surface area contributed by atoms with E-state index in [1.807, 2.05) is 20.8 Å². The Morgan fingerprint density at radius 1 is 1.38 bits per heavy atom. The van der Waals surface area contributed by atoms with Crippen molar-refractivity contribution in [2.45, 2.75) is 33.4 Å². The highest BCUT2D eigenvalue weighted by atomic mass is 16.3. The molecule has 0 unspecified atom stereocenters. The largest absolute Gasteiger partial charge is 0.394 e. The summed E-state index contributed by atoms with van der Waals surface area (Å²) in [6.45, 7) is 6.03. The van der Waals surface area contributed by atoms with Gasteiger partial charge in [0.1, 0.15) is 0 Å². The molecular weight excluding hydrogens is 168 g/mol. The molecule has 1 aromatic heterocycles. The van der Waals surface area contributed by atoms with Crippen LogP contribution in [0, 0.1) is 20.8 Å². The number of aliphatic hydroxyl groups is 2. The predicted molar refractivity (Wildman–Crippen MR) is 49.5 cm³/mol. The summed E-state index contributed by atoms with van der Waals surface area (Å²) >= 11 is 0. The summed E-state index contributed by atoms with van der Waals surface area (Å²) in [4.78, 5) is 0. The highest BCUT2D eigenvalue weighted by molar-refractivity contribution is 5.22. The third-order valence-corrected chi connectivity index (χ3v) is 2.34. The normalized spacial score (nSPS) is 13.3. The molecule has 74 valence electrons. The maximum Gasteiger partial charge on any atom is 0.0966 e. The highest BCUT2D eigenvalue weighted by Gasteiger charge is 2.10. The molecule has 0 aromatic carbocycles. The summed E-state index contributed by atoms with van der Waals surface area (Å²) in [6, 6.07) is 0. The Balaban J connectivity index is 2.83. The van der Waals surface area contributed by atoms with Crippen LogP contribution in [0.3, 0.4) is 0 Å². The first-order chi connectivity index (χ1) is 6.06. The molecule has 0 saturated heterocycles. The topological polar surface area (TPSA) is 58.3 Å². The Bertz CT molecular complexity index is 294. The van der Waals surface area contributed by atoms with Crippen LogP contribution < -0.4 is 0 Å². The van der Waals surface area contributed by atoms with Crippen LogP contribution in [-0.2, 0) is 6.54 Å². The van der Waals surface area contributed by atoms with Gasteiger partial charge in [0.05, 0.1) is 24.9 Å². The van der Waals surface area contributed by atoms with Gasteiger partial charge in [-0.3, -0.25) is 4.68 Å². The van der Waals surface area contributed by atoms with Crippen molar-refractivity contribution in [3.8, 4) is 0 Å². The van der Waals surface area contributed by atoms with Gasteiger partial charge < -0.3 is 10.2 Å². The summed E-state index contributed by atoms with van der Waals surface area (Å²) in [7, 11) is 0. The molecule has 1 aromatic rings. The quantitative estimate of drug-likeness (QED) is 0.703. The van der Waals surface area contributed by atoms with Crippen molar-refractivity contribution in [1.29, 1.82) is 0 Å². The first-order valence-electron chi connectivity index (χ1n) is 4.35. The lowest BCUT2D eigenvalue weighted by Gasteiger charge is -2.08. The molecule has 4 nitrogen and oxygen atoms in total. The maximum absolute atomic E-state index is 9.23. The van der Waals surface area contributed by atoms with Crippen LogP contribution in [0.15, 0.2) is 0 Å². The van der Waals surface area contributed by atoms with Crippen molar-refractivity contribution in [1.82, 2.24) is 9.78 Å². The second-order valence-corrected chi connectivity index (χ2v) is 3.31. The molecule has 1 heterocycles.